The molecule has 0 aliphatic rings. The van der Waals surface area contributed by atoms with Gasteiger partial charge in [0.2, 0.25) is 0 Å². The van der Waals surface area contributed by atoms with Crippen molar-refractivity contribution in [2.24, 2.45) is 0 Å². The molecule has 0 aliphatic heterocycles. The Balaban J connectivity index is 2.26. The molecule has 0 spiro atoms. The van der Waals surface area contributed by atoms with Crippen LogP contribution in [0.2, 0.25) is 10.0 Å². The van der Waals surface area contributed by atoms with Crippen LogP contribution in [0.4, 0.5) is 0 Å². The summed E-state index contributed by atoms with van der Waals surface area (Å²) in [5.74, 6) is 0.593. The summed E-state index contributed by atoms with van der Waals surface area (Å²) in [6.45, 7) is 6.26. The maximum absolute atomic E-state index is 11.1. The zero-order valence-corrected chi connectivity index (χ0v) is 13.7. The molecule has 0 atom stereocenters. The van der Waals surface area contributed by atoms with Crippen LogP contribution in [0.5, 0.6) is 5.75 Å². The molecular formula is C17H16Cl2O2. The molecule has 0 amide bonds. The molecule has 2 aromatic carbocycles. The third-order valence-electron chi connectivity index (χ3n) is 3.66. The fraction of sp³-hybridized carbons (Fsp3) is 0.235. The fourth-order valence-electron chi connectivity index (χ4n) is 2.26. The average molecular weight is 323 g/mol. The van der Waals surface area contributed by atoms with Gasteiger partial charge in [-0.25, -0.2) is 0 Å². The SMILES string of the molecule is Cc1cc(COc2ccc(Cl)cc2Cl)c(C)c(C)c1C=O. The van der Waals surface area contributed by atoms with Crippen molar-refractivity contribution in [1.29, 1.82) is 0 Å². The van der Waals surface area contributed by atoms with Crippen LogP contribution in [0.25, 0.3) is 0 Å². The minimum Gasteiger partial charge on any atom is -0.487 e. The summed E-state index contributed by atoms with van der Waals surface area (Å²) < 4.78 is 5.76. The lowest BCUT2D eigenvalue weighted by molar-refractivity contribution is 0.112. The Bertz CT molecular complexity index is 694. The molecule has 0 aliphatic carbocycles. The van der Waals surface area contributed by atoms with E-state index in [0.29, 0.717) is 22.4 Å². The number of carbonyl (C=O) groups excluding carboxylic acids is 1. The Hall–Kier alpha value is -1.51. The van der Waals surface area contributed by atoms with Gasteiger partial charge in [0.1, 0.15) is 12.4 Å². The van der Waals surface area contributed by atoms with E-state index in [9.17, 15) is 4.79 Å². The van der Waals surface area contributed by atoms with Gasteiger partial charge < -0.3 is 4.74 Å². The maximum atomic E-state index is 11.1. The number of benzene rings is 2. The lowest BCUT2D eigenvalue weighted by atomic mass is 9.95. The molecule has 0 radical (unpaired) electrons. The van der Waals surface area contributed by atoms with Gasteiger partial charge >= 0.3 is 0 Å². The van der Waals surface area contributed by atoms with Gasteiger partial charge in [0, 0.05) is 10.6 Å². The van der Waals surface area contributed by atoms with Crippen LogP contribution >= 0.6 is 23.2 Å². The highest BCUT2D eigenvalue weighted by Gasteiger charge is 2.11. The van der Waals surface area contributed by atoms with Crippen LogP contribution in [0.1, 0.15) is 32.6 Å². The van der Waals surface area contributed by atoms with Crippen LogP contribution < -0.4 is 4.74 Å². The molecule has 2 nitrogen and oxygen atoms in total. The van der Waals surface area contributed by atoms with Crippen LogP contribution in [-0.2, 0) is 6.61 Å². The van der Waals surface area contributed by atoms with Gasteiger partial charge in [-0.3, -0.25) is 4.79 Å². The van der Waals surface area contributed by atoms with Gasteiger partial charge in [0.25, 0.3) is 0 Å². The molecule has 0 fully saturated rings. The summed E-state index contributed by atoms with van der Waals surface area (Å²) in [4.78, 5) is 11.1. The third-order valence-corrected chi connectivity index (χ3v) is 4.19. The van der Waals surface area contributed by atoms with Crippen LogP contribution in [0.3, 0.4) is 0 Å². The molecule has 0 saturated carbocycles. The topological polar surface area (TPSA) is 26.3 Å². The highest BCUT2D eigenvalue weighted by molar-refractivity contribution is 6.35. The summed E-state index contributed by atoms with van der Waals surface area (Å²) in [5, 5.41) is 1.06. The van der Waals surface area contributed by atoms with E-state index in [4.69, 9.17) is 27.9 Å². The number of hydrogen-bond acceptors (Lipinski definition) is 2. The van der Waals surface area contributed by atoms with Crippen molar-refractivity contribution >= 4 is 29.5 Å². The second-order valence-corrected chi connectivity index (χ2v) is 5.84. The lowest BCUT2D eigenvalue weighted by Crippen LogP contribution is -2.04. The van der Waals surface area contributed by atoms with Crippen molar-refractivity contribution in [2.45, 2.75) is 27.4 Å². The number of hydrogen-bond donors (Lipinski definition) is 0. The van der Waals surface area contributed by atoms with Crippen molar-refractivity contribution in [3.63, 3.8) is 0 Å². The van der Waals surface area contributed by atoms with Gasteiger partial charge in [-0.1, -0.05) is 29.3 Å². The summed E-state index contributed by atoms with van der Waals surface area (Å²) in [6, 6.07) is 7.12. The highest BCUT2D eigenvalue weighted by Crippen LogP contribution is 2.29. The van der Waals surface area contributed by atoms with Crippen molar-refractivity contribution in [3.05, 3.63) is 62.1 Å². The van der Waals surface area contributed by atoms with Gasteiger partial charge in [-0.2, -0.15) is 0 Å². The maximum Gasteiger partial charge on any atom is 0.150 e. The van der Waals surface area contributed by atoms with Crippen molar-refractivity contribution < 1.29 is 9.53 Å². The minimum absolute atomic E-state index is 0.397. The second kappa shape index (κ2) is 6.50. The Morgan fingerprint density at radius 3 is 2.43 bits per heavy atom. The van der Waals surface area contributed by atoms with Crippen LogP contribution in [-0.4, -0.2) is 6.29 Å². The number of ether oxygens (including phenoxy) is 1. The number of halogens is 2. The molecule has 0 heterocycles. The lowest BCUT2D eigenvalue weighted by Gasteiger charge is -2.15. The van der Waals surface area contributed by atoms with E-state index >= 15 is 0 Å². The zero-order chi connectivity index (χ0) is 15.6. The van der Waals surface area contributed by atoms with E-state index < -0.39 is 0 Å². The minimum atomic E-state index is 0.397. The molecule has 0 saturated heterocycles. The van der Waals surface area contributed by atoms with Crippen LogP contribution in [0.15, 0.2) is 24.3 Å². The molecule has 21 heavy (non-hydrogen) atoms. The quantitative estimate of drug-likeness (QED) is 0.713. The van der Waals surface area contributed by atoms with E-state index in [0.717, 1.165) is 34.1 Å². The van der Waals surface area contributed by atoms with Crippen molar-refractivity contribution in [1.82, 2.24) is 0 Å². The monoisotopic (exact) mass is 322 g/mol. The van der Waals surface area contributed by atoms with Gasteiger partial charge in [-0.05, 0) is 61.2 Å². The fourth-order valence-corrected chi connectivity index (χ4v) is 2.73. The normalized spacial score (nSPS) is 10.5. The Morgan fingerprint density at radius 1 is 1.10 bits per heavy atom. The Labute approximate surface area is 134 Å². The van der Waals surface area contributed by atoms with Gasteiger partial charge in [0.15, 0.2) is 6.29 Å². The molecule has 110 valence electrons. The second-order valence-electron chi connectivity index (χ2n) is 5.00. The van der Waals surface area contributed by atoms with Crippen molar-refractivity contribution in [2.75, 3.05) is 0 Å². The Kier molecular flexibility index (Phi) is 4.92. The van der Waals surface area contributed by atoms with E-state index in [1.807, 2.05) is 26.8 Å². The number of rotatable bonds is 4. The largest absolute Gasteiger partial charge is 0.487 e. The third kappa shape index (κ3) is 3.39. The smallest absolute Gasteiger partial charge is 0.150 e. The molecule has 2 aromatic rings. The first kappa shape index (κ1) is 15.9. The number of aryl methyl sites for hydroxylation is 1. The molecule has 0 N–H and O–H groups in total. The first-order valence-corrected chi connectivity index (χ1v) is 7.32. The van der Waals surface area contributed by atoms with Gasteiger partial charge in [0.05, 0.1) is 5.02 Å². The molecule has 4 heteroatoms. The molecule has 2 rings (SSSR count). The van der Waals surface area contributed by atoms with E-state index in [2.05, 4.69) is 0 Å². The summed E-state index contributed by atoms with van der Waals surface area (Å²) in [6.07, 6.45) is 0.901. The molecule has 0 bridgehead atoms. The Morgan fingerprint density at radius 2 is 1.81 bits per heavy atom. The van der Waals surface area contributed by atoms with E-state index in [-0.39, 0.29) is 0 Å². The molecule has 0 aromatic heterocycles. The molecule has 0 unspecified atom stereocenters. The van der Waals surface area contributed by atoms with Gasteiger partial charge in [-0.15, -0.1) is 0 Å². The van der Waals surface area contributed by atoms with E-state index in [1.54, 1.807) is 18.2 Å². The van der Waals surface area contributed by atoms with E-state index in [1.165, 1.54) is 0 Å². The predicted octanol–water partition coefficient (Wildman–Crippen LogP) is 5.31. The highest BCUT2D eigenvalue weighted by atomic mass is 35.5. The zero-order valence-electron chi connectivity index (χ0n) is 12.2. The van der Waals surface area contributed by atoms with Crippen molar-refractivity contribution in [3.8, 4) is 5.75 Å². The first-order chi connectivity index (χ1) is 9.93. The number of aldehydes is 1. The first-order valence-electron chi connectivity index (χ1n) is 6.56. The summed E-state index contributed by atoms with van der Waals surface area (Å²) >= 11 is 12.0. The predicted molar refractivity (Wildman–Crippen MR) is 86.8 cm³/mol. The average Bonchev–Trinajstić information content (AvgIpc) is 2.43. The number of carbonyl (C=O) groups is 1. The summed E-state index contributed by atoms with van der Waals surface area (Å²) in [5.41, 5.74) is 4.80. The standard InChI is InChI=1S/C17H16Cl2O2/c1-10-6-13(11(2)12(3)15(10)8-20)9-21-17-5-4-14(18)7-16(17)19/h4-8H,9H2,1-3H3. The molecular weight excluding hydrogens is 307 g/mol. The summed E-state index contributed by atoms with van der Waals surface area (Å²) in [7, 11) is 0. The van der Waals surface area contributed by atoms with Crippen LogP contribution in [0, 0.1) is 20.8 Å².